The number of rotatable bonds is 7. The van der Waals surface area contributed by atoms with Gasteiger partial charge in [-0.05, 0) is 48.4 Å². The zero-order valence-electron chi connectivity index (χ0n) is 14.6. The molecule has 1 unspecified atom stereocenters. The lowest BCUT2D eigenvalue weighted by molar-refractivity contribution is 0.417. The van der Waals surface area contributed by atoms with Crippen LogP contribution in [-0.2, 0) is 5.41 Å². The smallest absolute Gasteiger partial charge is 0.119 e. The van der Waals surface area contributed by atoms with E-state index in [0.717, 1.165) is 18.7 Å². The van der Waals surface area contributed by atoms with E-state index in [1.807, 2.05) is 6.07 Å². The first kappa shape index (κ1) is 17.3. The third-order valence-corrected chi connectivity index (χ3v) is 5.20. The van der Waals surface area contributed by atoms with Gasteiger partial charge in [0.05, 0.1) is 0 Å². The second-order valence-corrected chi connectivity index (χ2v) is 7.51. The molecular weight excluding hydrogens is 270 g/mol. The van der Waals surface area contributed by atoms with Crippen molar-refractivity contribution in [2.45, 2.75) is 77.0 Å². The molecule has 0 amide bonds. The molecule has 1 aromatic rings. The van der Waals surface area contributed by atoms with E-state index in [2.05, 4.69) is 38.2 Å². The number of hydrogen-bond donors (Lipinski definition) is 2. The maximum absolute atomic E-state index is 10.5. The van der Waals surface area contributed by atoms with Crippen molar-refractivity contribution in [1.82, 2.24) is 5.32 Å². The van der Waals surface area contributed by atoms with Gasteiger partial charge in [0.25, 0.3) is 0 Å². The maximum atomic E-state index is 10.5. The molecule has 2 rings (SSSR count). The zero-order valence-corrected chi connectivity index (χ0v) is 14.6. The van der Waals surface area contributed by atoms with Gasteiger partial charge in [0, 0.05) is 12.5 Å². The molecule has 2 heteroatoms. The molecule has 0 aromatic heterocycles. The summed E-state index contributed by atoms with van der Waals surface area (Å²) in [4.78, 5) is 0. The highest BCUT2D eigenvalue weighted by Crippen LogP contribution is 2.36. The Morgan fingerprint density at radius 3 is 2.68 bits per heavy atom. The van der Waals surface area contributed by atoms with Crippen LogP contribution in [0.4, 0.5) is 0 Å². The lowest BCUT2D eigenvalue weighted by Gasteiger charge is -2.28. The van der Waals surface area contributed by atoms with Crippen LogP contribution in [0.25, 0.3) is 0 Å². The van der Waals surface area contributed by atoms with E-state index >= 15 is 0 Å². The summed E-state index contributed by atoms with van der Waals surface area (Å²) in [5, 5.41) is 13.9. The molecule has 0 aliphatic carbocycles. The number of phenols is 1. The van der Waals surface area contributed by atoms with Gasteiger partial charge in [-0.3, -0.25) is 0 Å². The van der Waals surface area contributed by atoms with Crippen molar-refractivity contribution in [3.8, 4) is 5.75 Å². The normalized spacial score (nSPS) is 19.3. The average molecular weight is 303 g/mol. The van der Waals surface area contributed by atoms with Crippen molar-refractivity contribution in [2.75, 3.05) is 13.1 Å². The molecule has 1 fully saturated rings. The van der Waals surface area contributed by atoms with Crippen LogP contribution in [0.15, 0.2) is 18.2 Å². The lowest BCUT2D eigenvalue weighted by atomic mass is 9.78. The summed E-state index contributed by atoms with van der Waals surface area (Å²) >= 11 is 0. The van der Waals surface area contributed by atoms with Crippen molar-refractivity contribution in [1.29, 1.82) is 0 Å². The fourth-order valence-corrected chi connectivity index (χ4v) is 3.57. The Bertz CT molecular complexity index is 461. The van der Waals surface area contributed by atoms with Crippen LogP contribution in [0.5, 0.6) is 5.75 Å². The van der Waals surface area contributed by atoms with Crippen molar-refractivity contribution >= 4 is 0 Å². The minimum absolute atomic E-state index is 0.147. The largest absolute Gasteiger partial charge is 0.508 e. The van der Waals surface area contributed by atoms with Crippen molar-refractivity contribution in [3.05, 3.63) is 29.3 Å². The molecule has 0 radical (unpaired) electrons. The highest BCUT2D eigenvalue weighted by molar-refractivity contribution is 5.41. The van der Waals surface area contributed by atoms with Crippen LogP contribution >= 0.6 is 0 Å². The first-order chi connectivity index (χ1) is 10.5. The van der Waals surface area contributed by atoms with E-state index < -0.39 is 0 Å². The van der Waals surface area contributed by atoms with E-state index in [0.29, 0.717) is 11.7 Å². The summed E-state index contributed by atoms with van der Waals surface area (Å²) < 4.78 is 0. The van der Waals surface area contributed by atoms with Crippen molar-refractivity contribution in [2.24, 2.45) is 0 Å². The summed E-state index contributed by atoms with van der Waals surface area (Å²) in [7, 11) is 0. The molecule has 22 heavy (non-hydrogen) atoms. The molecule has 1 aliphatic rings. The quantitative estimate of drug-likeness (QED) is 0.686. The second-order valence-electron chi connectivity index (χ2n) is 7.51. The van der Waals surface area contributed by atoms with Gasteiger partial charge in [-0.1, -0.05) is 58.6 Å². The first-order valence-electron chi connectivity index (χ1n) is 9.08. The molecular formula is C20H33NO. The predicted octanol–water partition coefficient (Wildman–Crippen LogP) is 5.11. The number of hydrogen-bond acceptors (Lipinski definition) is 2. The van der Waals surface area contributed by atoms with Crippen LogP contribution in [0, 0.1) is 0 Å². The summed E-state index contributed by atoms with van der Waals surface area (Å²) in [6.07, 6.45) is 8.78. The fourth-order valence-electron chi connectivity index (χ4n) is 3.57. The van der Waals surface area contributed by atoms with Gasteiger partial charge >= 0.3 is 0 Å². The minimum Gasteiger partial charge on any atom is -0.508 e. The fraction of sp³-hybridized carbons (Fsp3) is 0.700. The molecule has 2 nitrogen and oxygen atoms in total. The molecule has 1 heterocycles. The Morgan fingerprint density at radius 2 is 2.05 bits per heavy atom. The van der Waals surface area contributed by atoms with Crippen LogP contribution in [0.3, 0.4) is 0 Å². The topological polar surface area (TPSA) is 32.3 Å². The average Bonchev–Trinajstić information content (AvgIpc) is 2.52. The van der Waals surface area contributed by atoms with E-state index in [4.69, 9.17) is 0 Å². The van der Waals surface area contributed by atoms with Crippen LogP contribution in [-0.4, -0.2) is 18.2 Å². The van der Waals surface area contributed by atoms with Crippen molar-refractivity contribution < 1.29 is 5.11 Å². The Balaban J connectivity index is 2.03. The zero-order chi connectivity index (χ0) is 16.0. The van der Waals surface area contributed by atoms with Gasteiger partial charge in [0.2, 0.25) is 0 Å². The van der Waals surface area contributed by atoms with Gasteiger partial charge in [0.1, 0.15) is 5.75 Å². The second kappa shape index (κ2) is 8.01. The van der Waals surface area contributed by atoms with Crippen LogP contribution < -0.4 is 5.32 Å². The number of piperidine rings is 1. The number of nitrogens with one attached hydrogen (secondary N) is 1. The number of unbranched alkanes of at least 4 members (excludes halogenated alkanes) is 3. The number of benzene rings is 1. The van der Waals surface area contributed by atoms with Gasteiger partial charge in [-0.2, -0.15) is 0 Å². The minimum atomic E-state index is 0.147. The van der Waals surface area contributed by atoms with Gasteiger partial charge in [-0.25, -0.2) is 0 Å². The maximum Gasteiger partial charge on any atom is 0.119 e. The highest BCUT2D eigenvalue weighted by Gasteiger charge is 2.23. The van der Waals surface area contributed by atoms with Gasteiger partial charge in [-0.15, -0.1) is 0 Å². The summed E-state index contributed by atoms with van der Waals surface area (Å²) in [6.45, 7) is 8.96. The third kappa shape index (κ3) is 4.49. The van der Waals surface area contributed by atoms with E-state index in [-0.39, 0.29) is 5.41 Å². The molecule has 1 aliphatic heterocycles. The van der Waals surface area contributed by atoms with Crippen molar-refractivity contribution in [3.63, 3.8) is 0 Å². The Morgan fingerprint density at radius 1 is 1.23 bits per heavy atom. The van der Waals surface area contributed by atoms with Gasteiger partial charge in [0.15, 0.2) is 0 Å². The number of phenolic OH excluding ortho intramolecular Hbond substituents is 1. The van der Waals surface area contributed by atoms with Crippen LogP contribution in [0.1, 0.15) is 82.8 Å². The standard InChI is InChI=1S/C20H33NO/c1-4-5-6-7-12-20(2,3)17-10-11-18(19(22)14-17)16-9-8-13-21-15-16/h10-11,14,16,21-22H,4-9,12-13,15H2,1-3H3. The molecule has 2 N–H and O–H groups in total. The first-order valence-corrected chi connectivity index (χ1v) is 9.08. The Labute approximate surface area is 136 Å². The molecule has 0 saturated carbocycles. The van der Waals surface area contributed by atoms with Crippen LogP contribution in [0.2, 0.25) is 0 Å². The predicted molar refractivity (Wildman–Crippen MR) is 94.7 cm³/mol. The highest BCUT2D eigenvalue weighted by atomic mass is 16.3. The molecule has 1 atom stereocenters. The third-order valence-electron chi connectivity index (χ3n) is 5.20. The Kier molecular flexibility index (Phi) is 6.31. The van der Waals surface area contributed by atoms with E-state index in [1.165, 1.54) is 50.5 Å². The summed E-state index contributed by atoms with van der Waals surface area (Å²) in [6, 6.07) is 6.42. The van der Waals surface area contributed by atoms with E-state index in [1.54, 1.807) is 0 Å². The monoisotopic (exact) mass is 303 g/mol. The van der Waals surface area contributed by atoms with E-state index in [9.17, 15) is 5.11 Å². The number of aromatic hydroxyl groups is 1. The molecule has 0 spiro atoms. The van der Waals surface area contributed by atoms with Gasteiger partial charge < -0.3 is 10.4 Å². The molecule has 124 valence electrons. The Hall–Kier alpha value is -1.02. The molecule has 1 aromatic carbocycles. The SMILES string of the molecule is CCCCCCC(C)(C)c1ccc(C2CCCNC2)c(O)c1. The molecule has 0 bridgehead atoms. The summed E-state index contributed by atoms with van der Waals surface area (Å²) in [5.74, 6) is 0.961. The summed E-state index contributed by atoms with van der Waals surface area (Å²) in [5.41, 5.74) is 2.54. The lowest BCUT2D eigenvalue weighted by Crippen LogP contribution is -2.28. The molecule has 1 saturated heterocycles.